The molecule has 0 aromatic heterocycles. The monoisotopic (exact) mass is 372 g/mol. The lowest BCUT2D eigenvalue weighted by Gasteiger charge is -2.32. The number of carbonyl (C=O) groups excluding carboxylic acids is 1. The second-order valence-electron chi connectivity index (χ2n) is 6.39. The predicted molar refractivity (Wildman–Crippen MR) is 105 cm³/mol. The Morgan fingerprint density at radius 1 is 1.19 bits per heavy atom. The molecule has 0 N–H and O–H groups in total. The van der Waals surface area contributed by atoms with Crippen molar-refractivity contribution < 1.29 is 9.53 Å². The highest BCUT2D eigenvalue weighted by Gasteiger charge is 2.32. The lowest BCUT2D eigenvalue weighted by Crippen LogP contribution is -2.43. The van der Waals surface area contributed by atoms with Crippen LogP contribution in [0.25, 0.3) is 0 Å². The van der Waals surface area contributed by atoms with Gasteiger partial charge in [-0.3, -0.25) is 9.69 Å². The van der Waals surface area contributed by atoms with Gasteiger partial charge in [-0.05, 0) is 36.9 Å². The zero-order valence-corrected chi connectivity index (χ0v) is 16.1. The smallest absolute Gasteiger partial charge is 0.237 e. The van der Waals surface area contributed by atoms with E-state index in [9.17, 15) is 4.79 Å². The molecular weight excluding hydrogens is 348 g/mol. The van der Waals surface area contributed by atoms with E-state index in [-0.39, 0.29) is 11.9 Å². The summed E-state index contributed by atoms with van der Waals surface area (Å²) in [6, 6.07) is 15.5. The Hall–Kier alpha value is -2.04. The molecule has 3 rings (SSSR count). The van der Waals surface area contributed by atoms with Gasteiger partial charge in [-0.25, -0.2) is 0 Å². The van der Waals surface area contributed by atoms with Crippen molar-refractivity contribution in [1.82, 2.24) is 9.80 Å². The first kappa shape index (κ1) is 18.7. The molecule has 2 aromatic carbocycles. The number of rotatable bonds is 5. The number of ether oxygens (including phenoxy) is 1. The van der Waals surface area contributed by atoms with E-state index < -0.39 is 0 Å². The zero-order chi connectivity index (χ0) is 18.5. The molecule has 2 aromatic rings. The minimum atomic E-state index is -0.199. The Morgan fingerprint density at radius 2 is 1.92 bits per heavy atom. The lowest BCUT2D eigenvalue weighted by molar-refractivity contribution is -0.134. The maximum atomic E-state index is 13.2. The lowest BCUT2D eigenvalue weighted by atomic mass is 9.96. The number of halogens is 1. The average molecular weight is 373 g/mol. The molecule has 1 aliphatic heterocycles. The summed E-state index contributed by atoms with van der Waals surface area (Å²) >= 11 is 6.27. The second kappa shape index (κ2) is 8.56. The Morgan fingerprint density at radius 3 is 2.62 bits per heavy atom. The highest BCUT2D eigenvalue weighted by Crippen LogP contribution is 2.38. The average Bonchev–Trinajstić information content (AvgIpc) is 2.85. The van der Waals surface area contributed by atoms with Crippen LogP contribution < -0.4 is 4.74 Å². The first-order valence-corrected chi connectivity index (χ1v) is 9.50. The molecule has 0 fully saturated rings. The maximum absolute atomic E-state index is 13.2. The summed E-state index contributed by atoms with van der Waals surface area (Å²) in [4.78, 5) is 17.2. The molecule has 0 radical (unpaired) electrons. The molecule has 0 spiro atoms. The number of likely N-dealkylation sites (N-methyl/N-ethyl adjacent to an activating group) is 1. The molecule has 138 valence electrons. The largest absolute Gasteiger partial charge is 0.491 e. The van der Waals surface area contributed by atoms with Gasteiger partial charge in [0, 0.05) is 10.6 Å². The molecule has 0 bridgehead atoms. The number of amides is 1. The summed E-state index contributed by atoms with van der Waals surface area (Å²) in [6.07, 6.45) is 0. The van der Waals surface area contributed by atoms with Crippen LogP contribution in [0.15, 0.2) is 48.5 Å². The van der Waals surface area contributed by atoms with Crippen molar-refractivity contribution in [3.8, 4) is 5.75 Å². The minimum absolute atomic E-state index is 0.110. The highest BCUT2D eigenvalue weighted by molar-refractivity contribution is 6.30. The summed E-state index contributed by atoms with van der Waals surface area (Å²) in [5.74, 6) is 0.903. The van der Waals surface area contributed by atoms with Gasteiger partial charge >= 0.3 is 0 Å². The van der Waals surface area contributed by atoms with Gasteiger partial charge in [0.15, 0.2) is 0 Å². The maximum Gasteiger partial charge on any atom is 0.237 e. The van der Waals surface area contributed by atoms with Gasteiger partial charge in [0.25, 0.3) is 0 Å². The molecule has 0 saturated carbocycles. The second-order valence-corrected chi connectivity index (χ2v) is 6.83. The number of benzene rings is 2. The molecule has 1 amide bonds. The van der Waals surface area contributed by atoms with E-state index in [1.54, 1.807) is 0 Å². The quantitative estimate of drug-likeness (QED) is 0.795. The topological polar surface area (TPSA) is 32.8 Å². The molecule has 5 heteroatoms. The molecule has 1 aliphatic rings. The number of carbonyl (C=O) groups is 1. The van der Waals surface area contributed by atoms with E-state index in [4.69, 9.17) is 16.3 Å². The summed E-state index contributed by atoms with van der Waals surface area (Å²) in [5, 5.41) is 0.645. The van der Waals surface area contributed by atoms with Gasteiger partial charge in [-0.1, -0.05) is 55.8 Å². The van der Waals surface area contributed by atoms with Crippen LogP contribution in [0.5, 0.6) is 5.75 Å². The first-order valence-electron chi connectivity index (χ1n) is 9.13. The molecule has 1 atom stereocenters. The van der Waals surface area contributed by atoms with Crippen LogP contribution in [-0.4, -0.2) is 48.5 Å². The van der Waals surface area contributed by atoms with Crippen LogP contribution in [0.2, 0.25) is 5.02 Å². The van der Waals surface area contributed by atoms with Crippen LogP contribution in [-0.2, 0) is 4.79 Å². The van der Waals surface area contributed by atoms with Crippen LogP contribution in [0, 0.1) is 0 Å². The Kier molecular flexibility index (Phi) is 6.17. The number of hydrogen-bond acceptors (Lipinski definition) is 3. The van der Waals surface area contributed by atoms with Crippen molar-refractivity contribution in [2.45, 2.75) is 19.9 Å². The fourth-order valence-electron chi connectivity index (χ4n) is 3.41. The number of hydrogen-bond donors (Lipinski definition) is 0. The molecule has 0 saturated heterocycles. The predicted octanol–water partition coefficient (Wildman–Crippen LogP) is 3.99. The third kappa shape index (κ3) is 4.02. The van der Waals surface area contributed by atoms with Crippen LogP contribution in [0.3, 0.4) is 0 Å². The van der Waals surface area contributed by atoms with Gasteiger partial charge in [-0.2, -0.15) is 0 Å². The van der Waals surface area contributed by atoms with E-state index in [0.717, 1.165) is 30.0 Å². The Bertz CT molecular complexity index is 747. The molecule has 4 nitrogen and oxygen atoms in total. The Balaban J connectivity index is 2.03. The van der Waals surface area contributed by atoms with Crippen LogP contribution in [0.4, 0.5) is 0 Å². The standard InChI is InChI=1S/C21H25ClN2O2/c1-3-23(4-2)15-20(25)24-12-13-26-19-11-10-17(22)14-18(19)21(24)16-8-6-5-7-9-16/h5-11,14,21H,3-4,12-13,15H2,1-2H3. The van der Waals surface area contributed by atoms with E-state index in [1.165, 1.54) is 0 Å². The molecule has 1 unspecified atom stereocenters. The minimum Gasteiger partial charge on any atom is -0.491 e. The van der Waals surface area contributed by atoms with Gasteiger partial charge in [-0.15, -0.1) is 0 Å². The summed E-state index contributed by atoms with van der Waals surface area (Å²) in [6.45, 7) is 7.29. The van der Waals surface area contributed by atoms with Crippen LogP contribution in [0.1, 0.15) is 31.0 Å². The molecule has 26 heavy (non-hydrogen) atoms. The van der Waals surface area contributed by atoms with Crippen molar-refractivity contribution in [3.05, 3.63) is 64.7 Å². The van der Waals surface area contributed by atoms with Gasteiger partial charge in [0.1, 0.15) is 12.4 Å². The number of nitrogens with zero attached hydrogens (tertiary/aromatic N) is 2. The SMILES string of the molecule is CCN(CC)CC(=O)N1CCOc2ccc(Cl)cc2C1c1ccccc1. The molecule has 0 aliphatic carbocycles. The van der Waals surface area contributed by atoms with E-state index in [0.29, 0.717) is 24.7 Å². The fraction of sp³-hybridized carbons (Fsp3) is 0.381. The van der Waals surface area contributed by atoms with Crippen molar-refractivity contribution in [2.75, 3.05) is 32.8 Å². The molecule has 1 heterocycles. The van der Waals surface area contributed by atoms with E-state index >= 15 is 0 Å². The molecular formula is C21H25ClN2O2. The highest BCUT2D eigenvalue weighted by atomic mass is 35.5. The van der Waals surface area contributed by atoms with E-state index in [1.807, 2.05) is 41.3 Å². The third-order valence-electron chi connectivity index (χ3n) is 4.86. The number of fused-ring (bicyclic) bond motifs is 1. The summed E-state index contributed by atoms with van der Waals surface area (Å²) in [5.41, 5.74) is 2.00. The fourth-order valence-corrected chi connectivity index (χ4v) is 3.59. The van der Waals surface area contributed by atoms with Crippen molar-refractivity contribution in [2.24, 2.45) is 0 Å². The van der Waals surface area contributed by atoms with Gasteiger partial charge < -0.3 is 9.64 Å². The Labute approximate surface area is 160 Å². The normalized spacial score (nSPS) is 16.8. The van der Waals surface area contributed by atoms with Crippen molar-refractivity contribution >= 4 is 17.5 Å². The third-order valence-corrected chi connectivity index (χ3v) is 5.09. The van der Waals surface area contributed by atoms with Gasteiger partial charge in [0.05, 0.1) is 19.1 Å². The van der Waals surface area contributed by atoms with Gasteiger partial charge in [0.2, 0.25) is 5.91 Å². The van der Waals surface area contributed by atoms with E-state index in [2.05, 4.69) is 30.9 Å². The summed E-state index contributed by atoms with van der Waals surface area (Å²) < 4.78 is 5.93. The van der Waals surface area contributed by atoms with Crippen LogP contribution >= 0.6 is 11.6 Å². The zero-order valence-electron chi connectivity index (χ0n) is 15.3. The first-order chi connectivity index (χ1) is 12.6. The van der Waals surface area contributed by atoms with Crippen molar-refractivity contribution in [3.63, 3.8) is 0 Å². The summed E-state index contributed by atoms with van der Waals surface area (Å²) in [7, 11) is 0. The van der Waals surface area contributed by atoms with Crippen molar-refractivity contribution in [1.29, 1.82) is 0 Å².